The highest BCUT2D eigenvalue weighted by atomic mass is 32.1. The van der Waals surface area contributed by atoms with Crippen molar-refractivity contribution in [2.75, 3.05) is 5.32 Å². The number of anilines is 1. The molecular formula is C24H30FN5OS. The molecule has 1 aliphatic rings. The summed E-state index contributed by atoms with van der Waals surface area (Å²) in [6, 6.07) is 6.39. The van der Waals surface area contributed by atoms with Gasteiger partial charge in [-0.05, 0) is 57.7 Å². The van der Waals surface area contributed by atoms with Gasteiger partial charge in [0, 0.05) is 11.1 Å². The first-order valence-corrected chi connectivity index (χ1v) is 11.9. The van der Waals surface area contributed by atoms with Crippen molar-refractivity contribution < 1.29 is 9.18 Å². The van der Waals surface area contributed by atoms with Crippen LogP contribution in [-0.4, -0.2) is 20.7 Å². The predicted molar refractivity (Wildman–Crippen MR) is 126 cm³/mol. The molecule has 1 atom stereocenters. The van der Waals surface area contributed by atoms with Crippen LogP contribution >= 0.6 is 11.3 Å². The van der Waals surface area contributed by atoms with Gasteiger partial charge in [-0.2, -0.15) is 5.10 Å². The minimum Gasteiger partial charge on any atom is -0.360 e. The van der Waals surface area contributed by atoms with Gasteiger partial charge < -0.3 is 10.6 Å². The second kappa shape index (κ2) is 8.31. The average molecular weight is 456 g/mol. The molecule has 1 aromatic carbocycles. The third-order valence-electron chi connectivity index (χ3n) is 6.50. The molecule has 2 aromatic heterocycles. The topological polar surface area (TPSA) is 71.8 Å². The number of fused-ring (bicyclic) bond motifs is 1. The Bertz CT molecular complexity index is 1110. The van der Waals surface area contributed by atoms with Gasteiger partial charge in [0.05, 0.1) is 23.3 Å². The van der Waals surface area contributed by atoms with Crippen LogP contribution in [0.1, 0.15) is 78.8 Å². The first-order chi connectivity index (χ1) is 15.2. The summed E-state index contributed by atoms with van der Waals surface area (Å²) in [7, 11) is 0. The number of amides is 1. The quantitative estimate of drug-likeness (QED) is 0.513. The molecule has 0 saturated heterocycles. The lowest BCUT2D eigenvalue weighted by Crippen LogP contribution is -2.45. The zero-order chi connectivity index (χ0) is 23.1. The van der Waals surface area contributed by atoms with E-state index in [1.165, 1.54) is 12.1 Å². The van der Waals surface area contributed by atoms with Crippen LogP contribution in [0.4, 0.5) is 10.2 Å². The van der Waals surface area contributed by atoms with Crippen LogP contribution < -0.4 is 10.6 Å². The van der Waals surface area contributed by atoms with E-state index in [0.717, 1.165) is 21.9 Å². The summed E-state index contributed by atoms with van der Waals surface area (Å²) in [6.45, 7) is 10.4. The molecule has 170 valence electrons. The summed E-state index contributed by atoms with van der Waals surface area (Å²) in [5, 5.41) is 12.3. The van der Waals surface area contributed by atoms with E-state index in [0.29, 0.717) is 24.2 Å². The maximum absolute atomic E-state index is 13.5. The van der Waals surface area contributed by atoms with Gasteiger partial charge in [0.25, 0.3) is 5.91 Å². The van der Waals surface area contributed by atoms with E-state index in [9.17, 15) is 9.18 Å². The van der Waals surface area contributed by atoms with E-state index >= 15 is 0 Å². The molecule has 2 N–H and O–H groups in total. The van der Waals surface area contributed by atoms with E-state index < -0.39 is 5.54 Å². The van der Waals surface area contributed by atoms with Crippen LogP contribution in [0, 0.1) is 12.7 Å². The van der Waals surface area contributed by atoms with Gasteiger partial charge in [0.2, 0.25) is 0 Å². The molecule has 1 unspecified atom stereocenters. The third-order valence-corrected chi connectivity index (χ3v) is 7.52. The molecule has 1 amide bonds. The van der Waals surface area contributed by atoms with E-state index in [1.54, 1.807) is 29.7 Å². The van der Waals surface area contributed by atoms with Gasteiger partial charge >= 0.3 is 0 Å². The number of benzene rings is 1. The number of rotatable bonds is 6. The van der Waals surface area contributed by atoms with Crippen molar-refractivity contribution in [1.29, 1.82) is 0 Å². The van der Waals surface area contributed by atoms with Crippen LogP contribution in [0.25, 0.3) is 0 Å². The van der Waals surface area contributed by atoms with E-state index in [-0.39, 0.29) is 23.3 Å². The second-order valence-electron chi connectivity index (χ2n) is 9.09. The molecule has 6 nitrogen and oxygen atoms in total. The Hall–Kier alpha value is -2.74. The summed E-state index contributed by atoms with van der Waals surface area (Å²) in [6.07, 6.45) is 5.71. The van der Waals surface area contributed by atoms with E-state index in [4.69, 9.17) is 0 Å². The van der Waals surface area contributed by atoms with Crippen LogP contribution in [0.3, 0.4) is 0 Å². The number of aryl methyl sites for hydroxylation is 1. The zero-order valence-electron chi connectivity index (χ0n) is 19.2. The van der Waals surface area contributed by atoms with Gasteiger partial charge in [-0.15, -0.1) is 11.3 Å². The Morgan fingerprint density at radius 1 is 1.28 bits per heavy atom. The number of hydrogen-bond donors (Lipinski definition) is 2. The number of nitrogens with zero attached hydrogens (tertiary/aromatic N) is 3. The second-order valence-corrected chi connectivity index (χ2v) is 10.4. The molecule has 3 aromatic rings. The van der Waals surface area contributed by atoms with Crippen molar-refractivity contribution in [3.05, 3.63) is 63.5 Å². The number of halogens is 1. The van der Waals surface area contributed by atoms with Crippen molar-refractivity contribution in [3.8, 4) is 0 Å². The highest BCUT2D eigenvalue weighted by Crippen LogP contribution is 2.41. The lowest BCUT2D eigenvalue weighted by Gasteiger charge is -2.38. The minimum absolute atomic E-state index is 0.0126. The highest BCUT2D eigenvalue weighted by molar-refractivity contribution is 7.11. The molecule has 0 fully saturated rings. The maximum Gasteiger partial charge on any atom is 0.257 e. The first kappa shape index (κ1) is 22.5. The molecule has 0 spiro atoms. The number of aromatic nitrogens is 3. The van der Waals surface area contributed by atoms with Gasteiger partial charge in [-0.1, -0.05) is 26.0 Å². The van der Waals surface area contributed by atoms with Gasteiger partial charge in [-0.3, -0.25) is 4.79 Å². The molecule has 0 aliphatic carbocycles. The third kappa shape index (κ3) is 3.92. The Morgan fingerprint density at radius 3 is 2.56 bits per heavy atom. The monoisotopic (exact) mass is 455 g/mol. The molecule has 0 radical (unpaired) electrons. The fourth-order valence-electron chi connectivity index (χ4n) is 4.56. The number of carbonyl (C=O) groups excluding carboxylic acids is 1. The van der Waals surface area contributed by atoms with E-state index in [2.05, 4.69) is 34.6 Å². The average Bonchev–Trinajstić information content (AvgIpc) is 3.39. The van der Waals surface area contributed by atoms with Crippen molar-refractivity contribution >= 4 is 23.1 Å². The normalized spacial score (nSPS) is 17.5. The van der Waals surface area contributed by atoms with Crippen LogP contribution in [0.5, 0.6) is 0 Å². The highest BCUT2D eigenvalue weighted by Gasteiger charge is 2.39. The number of carbonyl (C=O) groups is 1. The Morgan fingerprint density at radius 2 is 1.97 bits per heavy atom. The molecule has 0 bridgehead atoms. The standard InChI is InChI=1S/C24H30FN5OS/c1-6-24(7-2,16-8-10-17(25)11-9-16)29-21(31)18-14-27-30-20(18)28-19(12-23(30,4)5)22-26-13-15(3)32-22/h8-11,13-14,19,28H,6-7,12H2,1-5H3,(H,29,31). The Kier molecular flexibility index (Phi) is 5.83. The lowest BCUT2D eigenvalue weighted by molar-refractivity contribution is 0.0890. The summed E-state index contributed by atoms with van der Waals surface area (Å²) >= 11 is 1.67. The van der Waals surface area contributed by atoms with Gasteiger partial charge in [0.1, 0.15) is 22.2 Å². The Labute approximate surface area is 192 Å². The molecule has 3 heterocycles. The lowest BCUT2D eigenvalue weighted by atomic mass is 9.84. The fourth-order valence-corrected chi connectivity index (χ4v) is 5.38. The summed E-state index contributed by atoms with van der Waals surface area (Å²) < 4.78 is 15.4. The summed E-state index contributed by atoms with van der Waals surface area (Å²) in [4.78, 5) is 19.2. The molecule has 1 aliphatic heterocycles. The molecule has 0 saturated carbocycles. The van der Waals surface area contributed by atoms with Crippen LogP contribution in [0.15, 0.2) is 36.7 Å². The minimum atomic E-state index is -0.588. The van der Waals surface area contributed by atoms with Crippen LogP contribution in [0.2, 0.25) is 0 Å². The number of hydrogen-bond acceptors (Lipinski definition) is 5. The zero-order valence-corrected chi connectivity index (χ0v) is 20.0. The predicted octanol–water partition coefficient (Wildman–Crippen LogP) is 5.52. The van der Waals surface area contributed by atoms with E-state index in [1.807, 2.05) is 31.6 Å². The summed E-state index contributed by atoms with van der Waals surface area (Å²) in [5.74, 6) is 0.220. The molecule has 8 heteroatoms. The SMILES string of the molecule is CCC(CC)(NC(=O)c1cnn2c1NC(c1ncc(C)s1)CC2(C)C)c1ccc(F)cc1. The van der Waals surface area contributed by atoms with Crippen molar-refractivity contribution in [2.24, 2.45) is 0 Å². The molecular weight excluding hydrogens is 425 g/mol. The van der Waals surface area contributed by atoms with Gasteiger partial charge in [0.15, 0.2) is 0 Å². The number of thiazole rings is 1. The van der Waals surface area contributed by atoms with Crippen molar-refractivity contribution in [3.63, 3.8) is 0 Å². The smallest absolute Gasteiger partial charge is 0.257 e. The fraction of sp³-hybridized carbons (Fsp3) is 0.458. The Balaban J connectivity index is 1.67. The van der Waals surface area contributed by atoms with Crippen LogP contribution in [-0.2, 0) is 11.1 Å². The first-order valence-electron chi connectivity index (χ1n) is 11.0. The largest absolute Gasteiger partial charge is 0.360 e. The maximum atomic E-state index is 13.5. The summed E-state index contributed by atoms with van der Waals surface area (Å²) in [5.41, 5.74) is 0.537. The van der Waals surface area contributed by atoms with Crippen molar-refractivity contribution in [2.45, 2.75) is 71.0 Å². The van der Waals surface area contributed by atoms with Crippen molar-refractivity contribution in [1.82, 2.24) is 20.1 Å². The molecule has 32 heavy (non-hydrogen) atoms. The molecule has 4 rings (SSSR count). The van der Waals surface area contributed by atoms with Gasteiger partial charge in [-0.25, -0.2) is 14.1 Å². The number of nitrogens with one attached hydrogen (secondary N) is 2.